The Labute approximate surface area is 74.7 Å². The van der Waals surface area contributed by atoms with Gasteiger partial charge in [0, 0.05) is 7.05 Å². The number of hydrogen-bond acceptors (Lipinski definition) is 2. The molecule has 62 valence electrons. The van der Waals surface area contributed by atoms with E-state index in [0.717, 1.165) is 16.8 Å². The van der Waals surface area contributed by atoms with E-state index < -0.39 is 0 Å². The van der Waals surface area contributed by atoms with Crippen LogP contribution in [0.25, 0.3) is 0 Å². The highest BCUT2D eigenvalue weighted by molar-refractivity contribution is 9.10. The van der Waals surface area contributed by atoms with Crippen molar-refractivity contribution in [1.82, 2.24) is 9.55 Å². The molecule has 0 saturated heterocycles. The van der Waals surface area contributed by atoms with Crippen molar-refractivity contribution in [2.24, 2.45) is 12.8 Å². The Balaban J connectivity index is 3.14. The van der Waals surface area contributed by atoms with Gasteiger partial charge in [0.2, 0.25) is 0 Å². The van der Waals surface area contributed by atoms with Crippen LogP contribution in [0.15, 0.2) is 4.60 Å². The third-order valence-electron chi connectivity index (χ3n) is 1.77. The molecule has 1 rings (SSSR count). The van der Waals surface area contributed by atoms with Gasteiger partial charge in [-0.1, -0.05) is 6.92 Å². The minimum Gasteiger partial charge on any atom is -0.333 e. The number of rotatable bonds is 2. The van der Waals surface area contributed by atoms with Crippen LogP contribution in [0.2, 0.25) is 0 Å². The molecule has 0 aliphatic rings. The van der Waals surface area contributed by atoms with Gasteiger partial charge in [0.1, 0.15) is 10.4 Å². The number of halogens is 1. The lowest BCUT2D eigenvalue weighted by Crippen LogP contribution is -2.06. The highest BCUT2D eigenvalue weighted by Gasteiger charge is 2.08. The number of hydrogen-bond donors (Lipinski definition) is 1. The van der Waals surface area contributed by atoms with E-state index in [1.807, 2.05) is 11.6 Å². The summed E-state index contributed by atoms with van der Waals surface area (Å²) < 4.78 is 2.95. The van der Waals surface area contributed by atoms with E-state index in [-0.39, 0.29) is 0 Å². The molecule has 0 atom stereocenters. The fraction of sp³-hybridized carbons (Fsp3) is 0.571. The van der Waals surface area contributed by atoms with Crippen LogP contribution >= 0.6 is 15.9 Å². The molecule has 3 nitrogen and oxygen atoms in total. The first-order valence-corrected chi connectivity index (χ1v) is 4.40. The van der Waals surface area contributed by atoms with Crippen molar-refractivity contribution in [2.75, 3.05) is 0 Å². The fourth-order valence-corrected chi connectivity index (χ4v) is 1.86. The van der Waals surface area contributed by atoms with Crippen LogP contribution < -0.4 is 5.73 Å². The first kappa shape index (κ1) is 8.74. The standard InChI is InChI=1S/C7H12BrN3/c1-3-5-7(8)10-6(4-9)11(5)2/h3-4,9H2,1-2H3. The van der Waals surface area contributed by atoms with Crippen molar-refractivity contribution >= 4 is 15.9 Å². The molecule has 0 fully saturated rings. The zero-order valence-corrected chi connectivity index (χ0v) is 8.35. The summed E-state index contributed by atoms with van der Waals surface area (Å²) in [4.78, 5) is 4.25. The molecule has 0 aliphatic heterocycles. The summed E-state index contributed by atoms with van der Waals surface area (Å²) in [6, 6.07) is 0. The van der Waals surface area contributed by atoms with Gasteiger partial charge >= 0.3 is 0 Å². The van der Waals surface area contributed by atoms with Crippen LogP contribution in [0, 0.1) is 0 Å². The highest BCUT2D eigenvalue weighted by atomic mass is 79.9. The van der Waals surface area contributed by atoms with Crippen LogP contribution in [0.5, 0.6) is 0 Å². The molecular weight excluding hydrogens is 206 g/mol. The first-order chi connectivity index (χ1) is 5.20. The molecule has 0 aromatic carbocycles. The van der Waals surface area contributed by atoms with Gasteiger partial charge in [-0.2, -0.15) is 0 Å². The second kappa shape index (κ2) is 3.36. The van der Waals surface area contributed by atoms with Gasteiger partial charge in [-0.15, -0.1) is 0 Å². The number of imidazole rings is 1. The van der Waals surface area contributed by atoms with Gasteiger partial charge in [-0.25, -0.2) is 4.98 Å². The van der Waals surface area contributed by atoms with Crippen molar-refractivity contribution in [2.45, 2.75) is 19.9 Å². The summed E-state index contributed by atoms with van der Waals surface area (Å²) in [6.07, 6.45) is 0.976. The van der Waals surface area contributed by atoms with Crippen LogP contribution in [-0.4, -0.2) is 9.55 Å². The fourth-order valence-electron chi connectivity index (χ4n) is 1.11. The number of aromatic nitrogens is 2. The Hall–Kier alpha value is -0.350. The van der Waals surface area contributed by atoms with Gasteiger partial charge in [-0.05, 0) is 22.4 Å². The summed E-state index contributed by atoms with van der Waals surface area (Å²) >= 11 is 3.38. The molecule has 4 heteroatoms. The van der Waals surface area contributed by atoms with E-state index in [2.05, 4.69) is 27.8 Å². The van der Waals surface area contributed by atoms with Gasteiger partial charge in [0.05, 0.1) is 12.2 Å². The average molecular weight is 218 g/mol. The minimum atomic E-state index is 0.495. The Morgan fingerprint density at radius 3 is 2.55 bits per heavy atom. The molecule has 0 unspecified atom stereocenters. The number of nitrogens with two attached hydrogens (primary N) is 1. The van der Waals surface area contributed by atoms with Gasteiger partial charge in [-0.3, -0.25) is 0 Å². The van der Waals surface area contributed by atoms with Gasteiger partial charge in [0.25, 0.3) is 0 Å². The van der Waals surface area contributed by atoms with Crippen LogP contribution in [0.4, 0.5) is 0 Å². The summed E-state index contributed by atoms with van der Waals surface area (Å²) in [6.45, 7) is 2.59. The Morgan fingerprint density at radius 2 is 2.27 bits per heavy atom. The zero-order valence-electron chi connectivity index (χ0n) is 6.76. The van der Waals surface area contributed by atoms with Crippen molar-refractivity contribution in [1.29, 1.82) is 0 Å². The molecule has 0 aliphatic carbocycles. The summed E-state index contributed by atoms with van der Waals surface area (Å²) in [7, 11) is 1.98. The monoisotopic (exact) mass is 217 g/mol. The third-order valence-corrected chi connectivity index (χ3v) is 2.41. The normalized spacial score (nSPS) is 10.5. The Bertz CT molecular complexity index is 254. The molecule has 2 N–H and O–H groups in total. The predicted molar refractivity (Wildman–Crippen MR) is 48.2 cm³/mol. The largest absolute Gasteiger partial charge is 0.333 e. The Morgan fingerprint density at radius 1 is 1.64 bits per heavy atom. The molecule has 0 saturated carbocycles. The maximum Gasteiger partial charge on any atom is 0.127 e. The summed E-state index contributed by atoms with van der Waals surface area (Å²) in [5.74, 6) is 0.925. The lowest BCUT2D eigenvalue weighted by molar-refractivity contribution is 0.755. The van der Waals surface area contributed by atoms with E-state index in [1.54, 1.807) is 0 Å². The second-order valence-corrected chi connectivity index (χ2v) is 3.13. The molecule has 11 heavy (non-hydrogen) atoms. The SMILES string of the molecule is CCc1c(Br)nc(CN)n1C. The number of nitrogens with zero attached hydrogens (tertiary/aromatic N) is 2. The predicted octanol–water partition coefficient (Wildman–Crippen LogP) is 1.20. The lowest BCUT2D eigenvalue weighted by Gasteiger charge is -2.00. The van der Waals surface area contributed by atoms with E-state index >= 15 is 0 Å². The van der Waals surface area contributed by atoms with E-state index in [0.29, 0.717) is 6.54 Å². The maximum absolute atomic E-state index is 5.48. The molecule has 1 aromatic rings. The van der Waals surface area contributed by atoms with E-state index in [1.165, 1.54) is 5.69 Å². The van der Waals surface area contributed by atoms with E-state index in [9.17, 15) is 0 Å². The summed E-state index contributed by atoms with van der Waals surface area (Å²) in [5, 5.41) is 0. The van der Waals surface area contributed by atoms with E-state index in [4.69, 9.17) is 5.73 Å². The van der Waals surface area contributed by atoms with Crippen molar-refractivity contribution < 1.29 is 0 Å². The third kappa shape index (κ3) is 1.46. The van der Waals surface area contributed by atoms with Crippen molar-refractivity contribution in [3.63, 3.8) is 0 Å². The minimum absolute atomic E-state index is 0.495. The van der Waals surface area contributed by atoms with Crippen molar-refractivity contribution in [3.05, 3.63) is 16.1 Å². The molecule has 0 amide bonds. The molecule has 0 radical (unpaired) electrons. The molecule has 0 spiro atoms. The van der Waals surface area contributed by atoms with Gasteiger partial charge < -0.3 is 10.3 Å². The highest BCUT2D eigenvalue weighted by Crippen LogP contribution is 2.16. The van der Waals surface area contributed by atoms with Crippen LogP contribution in [0.3, 0.4) is 0 Å². The molecule has 0 bridgehead atoms. The smallest absolute Gasteiger partial charge is 0.127 e. The van der Waals surface area contributed by atoms with Crippen molar-refractivity contribution in [3.8, 4) is 0 Å². The molecular formula is C7H12BrN3. The van der Waals surface area contributed by atoms with Crippen LogP contribution in [0.1, 0.15) is 18.4 Å². The average Bonchev–Trinajstić information content (AvgIpc) is 2.26. The van der Waals surface area contributed by atoms with Crippen LogP contribution in [-0.2, 0) is 20.0 Å². The first-order valence-electron chi connectivity index (χ1n) is 3.60. The second-order valence-electron chi connectivity index (χ2n) is 2.38. The zero-order chi connectivity index (χ0) is 8.43. The topological polar surface area (TPSA) is 43.8 Å². The maximum atomic E-state index is 5.48. The lowest BCUT2D eigenvalue weighted by atomic mass is 10.4. The Kier molecular flexibility index (Phi) is 2.67. The molecule has 1 aromatic heterocycles. The van der Waals surface area contributed by atoms with Gasteiger partial charge in [0.15, 0.2) is 0 Å². The quantitative estimate of drug-likeness (QED) is 0.810. The molecule has 1 heterocycles. The summed E-state index contributed by atoms with van der Waals surface area (Å²) in [5.41, 5.74) is 6.68.